The quantitative estimate of drug-likeness (QED) is 0.499. The van der Waals surface area contributed by atoms with Gasteiger partial charge in [-0.15, -0.1) is 0 Å². The highest BCUT2D eigenvalue weighted by molar-refractivity contribution is 8.15. The highest BCUT2D eigenvalue weighted by Crippen LogP contribution is 2.34. The Bertz CT molecular complexity index is 501. The van der Waals surface area contributed by atoms with Crippen LogP contribution in [0, 0.1) is 5.92 Å². The first-order valence-electron chi connectivity index (χ1n) is 9.49. The van der Waals surface area contributed by atoms with E-state index in [4.69, 9.17) is 4.74 Å². The molecule has 8 nitrogen and oxygen atoms in total. The highest BCUT2D eigenvalue weighted by Gasteiger charge is 2.34. The van der Waals surface area contributed by atoms with Gasteiger partial charge in [0.1, 0.15) is 6.23 Å². The number of nitrogens with zero attached hydrogens (tertiary/aromatic N) is 1. The lowest BCUT2D eigenvalue weighted by Crippen LogP contribution is -2.57. The van der Waals surface area contributed by atoms with E-state index in [1.54, 1.807) is 0 Å². The smallest absolute Gasteiger partial charge is 0.286 e. The molecule has 1 saturated carbocycles. The van der Waals surface area contributed by atoms with Crippen molar-refractivity contribution in [1.29, 1.82) is 0 Å². The average molecular weight is 387 g/mol. The number of likely N-dealkylation sites (N-methyl/N-ethyl adjacent to an activating group) is 1. The molecule has 3 rings (SSSR count). The number of hydrogen-bond acceptors (Lipinski definition) is 8. The molecule has 2 aliphatic heterocycles. The number of amides is 2. The first-order chi connectivity index (χ1) is 12.5. The van der Waals surface area contributed by atoms with Gasteiger partial charge in [-0.05, 0) is 45.1 Å². The van der Waals surface area contributed by atoms with E-state index in [9.17, 15) is 14.7 Å². The van der Waals surface area contributed by atoms with Crippen molar-refractivity contribution >= 4 is 22.9 Å². The maximum absolute atomic E-state index is 11.7. The van der Waals surface area contributed by atoms with Gasteiger partial charge in [0, 0.05) is 19.6 Å². The molecule has 0 aromatic carbocycles. The summed E-state index contributed by atoms with van der Waals surface area (Å²) in [6.45, 7) is 2.12. The molecule has 1 aliphatic carbocycles. The third kappa shape index (κ3) is 5.64. The number of rotatable bonds is 7. The second-order valence-electron chi connectivity index (χ2n) is 7.47. The summed E-state index contributed by atoms with van der Waals surface area (Å²) in [5, 5.41) is 17.9. The predicted octanol–water partition coefficient (Wildman–Crippen LogP) is 0.420. The third-order valence-electron chi connectivity index (χ3n) is 5.56. The van der Waals surface area contributed by atoms with Crippen molar-refractivity contribution in [3.05, 3.63) is 0 Å². The van der Waals surface area contributed by atoms with Crippen LogP contribution in [-0.4, -0.2) is 71.8 Å². The molecule has 3 aliphatic rings. The van der Waals surface area contributed by atoms with Crippen LogP contribution in [0.3, 0.4) is 0 Å². The van der Waals surface area contributed by atoms with Crippen LogP contribution in [0.1, 0.15) is 38.5 Å². The first kappa shape index (κ1) is 20.0. The number of hydrogen-bond donors (Lipinski definition) is 4. The van der Waals surface area contributed by atoms with Gasteiger partial charge in [0.15, 0.2) is 0 Å². The molecule has 2 heterocycles. The average Bonchev–Trinajstić information content (AvgIpc) is 2.93. The number of ether oxygens (including phenoxy) is 1. The van der Waals surface area contributed by atoms with Gasteiger partial charge in [0.05, 0.1) is 24.1 Å². The lowest BCUT2D eigenvalue weighted by atomic mass is 9.84. The van der Waals surface area contributed by atoms with E-state index in [0.717, 1.165) is 50.4 Å². The topological polar surface area (TPSA) is 103 Å². The van der Waals surface area contributed by atoms with Gasteiger partial charge in [-0.1, -0.05) is 11.8 Å². The zero-order valence-corrected chi connectivity index (χ0v) is 16.1. The maximum Gasteiger partial charge on any atom is 0.286 e. The number of imide groups is 1. The van der Waals surface area contributed by atoms with E-state index < -0.39 is 6.23 Å². The van der Waals surface area contributed by atoms with Gasteiger partial charge in [-0.3, -0.25) is 30.4 Å². The molecule has 0 aromatic rings. The van der Waals surface area contributed by atoms with Crippen molar-refractivity contribution < 1.29 is 19.4 Å². The van der Waals surface area contributed by atoms with Crippen LogP contribution in [0.2, 0.25) is 0 Å². The molecular weight excluding hydrogens is 356 g/mol. The first-order valence-corrected chi connectivity index (χ1v) is 10.4. The van der Waals surface area contributed by atoms with Gasteiger partial charge < -0.3 is 9.84 Å². The third-order valence-corrected chi connectivity index (χ3v) is 6.57. The molecule has 3 unspecified atom stereocenters. The minimum Gasteiger partial charge on any atom is -0.378 e. The summed E-state index contributed by atoms with van der Waals surface area (Å²) in [6, 6.07) is 0. The Hall–Kier alpha value is -0.710. The molecular formula is C17H30N4O4S. The Kier molecular flexibility index (Phi) is 7.30. The van der Waals surface area contributed by atoms with Crippen molar-refractivity contribution in [3.8, 4) is 0 Å². The zero-order valence-electron chi connectivity index (χ0n) is 15.3. The van der Waals surface area contributed by atoms with Crippen molar-refractivity contribution in [2.24, 2.45) is 5.92 Å². The van der Waals surface area contributed by atoms with Crippen LogP contribution in [-0.2, 0) is 9.53 Å². The molecule has 148 valence electrons. The molecule has 3 fully saturated rings. The summed E-state index contributed by atoms with van der Waals surface area (Å²) in [5.74, 6) is 0.380. The Morgan fingerprint density at radius 1 is 1.23 bits per heavy atom. The summed E-state index contributed by atoms with van der Waals surface area (Å²) in [7, 11) is 2.04. The van der Waals surface area contributed by atoms with Gasteiger partial charge >= 0.3 is 0 Å². The van der Waals surface area contributed by atoms with Crippen LogP contribution in [0.5, 0.6) is 0 Å². The van der Waals surface area contributed by atoms with E-state index >= 15 is 0 Å². The predicted molar refractivity (Wildman–Crippen MR) is 99.4 cm³/mol. The Labute approximate surface area is 158 Å². The number of carbonyl (C=O) groups is 2. The largest absolute Gasteiger partial charge is 0.378 e. The van der Waals surface area contributed by atoms with Crippen molar-refractivity contribution in [2.75, 3.05) is 26.9 Å². The van der Waals surface area contributed by atoms with Crippen LogP contribution in [0.4, 0.5) is 4.79 Å². The summed E-state index contributed by atoms with van der Waals surface area (Å²) in [4.78, 5) is 25.1. The molecule has 2 saturated heterocycles. The molecule has 0 aromatic heterocycles. The monoisotopic (exact) mass is 386 g/mol. The number of aliphatic hydroxyl groups excluding tert-OH is 1. The van der Waals surface area contributed by atoms with Crippen LogP contribution in [0.25, 0.3) is 0 Å². The van der Waals surface area contributed by atoms with E-state index in [0.29, 0.717) is 25.6 Å². The number of carbonyl (C=O) groups excluding carboxylic acids is 2. The van der Waals surface area contributed by atoms with E-state index in [1.165, 1.54) is 0 Å². The molecule has 2 amide bonds. The number of aliphatic hydroxyl groups is 1. The SMILES string of the molecule is CN(CCOC1CCC(CC2SC(=O)NC2=O)CC1)C1CC(O)NCN1. The zero-order chi connectivity index (χ0) is 18.5. The minimum absolute atomic E-state index is 0.127. The lowest BCUT2D eigenvalue weighted by molar-refractivity contribution is -0.119. The second kappa shape index (κ2) is 9.48. The van der Waals surface area contributed by atoms with Crippen molar-refractivity contribution in [1.82, 2.24) is 20.9 Å². The maximum atomic E-state index is 11.7. The van der Waals surface area contributed by atoms with Crippen molar-refractivity contribution in [3.63, 3.8) is 0 Å². The Morgan fingerprint density at radius 3 is 2.65 bits per heavy atom. The molecule has 0 spiro atoms. The molecule has 0 radical (unpaired) electrons. The Balaban J connectivity index is 1.29. The molecule has 0 bridgehead atoms. The second-order valence-corrected chi connectivity index (χ2v) is 8.64. The molecule has 26 heavy (non-hydrogen) atoms. The normalized spacial score (nSPS) is 35.7. The van der Waals surface area contributed by atoms with Gasteiger partial charge in [0.2, 0.25) is 5.91 Å². The van der Waals surface area contributed by atoms with Crippen molar-refractivity contribution in [2.45, 2.75) is 62.3 Å². The van der Waals surface area contributed by atoms with Gasteiger partial charge in [-0.25, -0.2) is 0 Å². The number of thioether (sulfide) groups is 1. The van der Waals surface area contributed by atoms with Crippen LogP contribution >= 0.6 is 11.8 Å². The van der Waals surface area contributed by atoms with E-state index in [-0.39, 0.29) is 28.7 Å². The standard InChI is InChI=1S/C17H30N4O4S/c1-21(14-9-15(22)19-10-18-14)6-7-25-12-4-2-11(3-5-12)8-13-16(23)20-17(24)26-13/h11-15,18-19,22H,2-10H2,1H3,(H,20,23,24). The Morgan fingerprint density at radius 2 is 2.00 bits per heavy atom. The van der Waals surface area contributed by atoms with Gasteiger partial charge in [-0.2, -0.15) is 0 Å². The fraction of sp³-hybridized carbons (Fsp3) is 0.882. The van der Waals surface area contributed by atoms with Gasteiger partial charge in [0.25, 0.3) is 5.24 Å². The number of nitrogens with one attached hydrogen (secondary N) is 3. The summed E-state index contributed by atoms with van der Waals surface area (Å²) in [5.41, 5.74) is 0. The molecule has 9 heteroatoms. The summed E-state index contributed by atoms with van der Waals surface area (Å²) in [6.07, 6.45) is 5.62. The fourth-order valence-corrected chi connectivity index (χ4v) is 4.87. The summed E-state index contributed by atoms with van der Waals surface area (Å²) < 4.78 is 6.04. The molecule has 4 N–H and O–H groups in total. The van der Waals surface area contributed by atoms with E-state index in [2.05, 4.69) is 20.9 Å². The summed E-state index contributed by atoms with van der Waals surface area (Å²) >= 11 is 1.13. The lowest BCUT2D eigenvalue weighted by Gasteiger charge is -2.35. The fourth-order valence-electron chi connectivity index (χ4n) is 3.91. The van der Waals surface area contributed by atoms with E-state index in [1.807, 2.05) is 7.05 Å². The molecule has 3 atom stereocenters. The minimum atomic E-state index is -0.449. The van der Waals surface area contributed by atoms with Crippen LogP contribution < -0.4 is 16.0 Å². The van der Waals surface area contributed by atoms with Crippen LogP contribution in [0.15, 0.2) is 0 Å². The highest BCUT2D eigenvalue weighted by atomic mass is 32.2.